The zero-order valence-electron chi connectivity index (χ0n) is 5.62. The first-order chi connectivity index (χ1) is 4.86. The average Bonchev–Trinajstić information content (AvgIpc) is 2.68. The summed E-state index contributed by atoms with van der Waals surface area (Å²) in [5.41, 5.74) is 1.59. The van der Waals surface area contributed by atoms with Crippen LogP contribution in [0.1, 0.15) is 24.5 Å². The van der Waals surface area contributed by atoms with Crippen molar-refractivity contribution in [1.82, 2.24) is 9.97 Å². The van der Waals surface area contributed by atoms with Crippen molar-refractivity contribution in [1.29, 1.82) is 0 Å². The molecule has 0 atom stereocenters. The standard InChI is InChI=1S/C7H7BN2/c8-7-4-9-3-6(10-7)5-1-2-5/h3-5H,1-2H2. The average molecular weight is 130 g/mol. The number of rotatable bonds is 1. The van der Waals surface area contributed by atoms with E-state index >= 15 is 0 Å². The monoisotopic (exact) mass is 130 g/mol. The predicted octanol–water partition coefficient (Wildman–Crippen LogP) is 0.148. The second-order valence-electron chi connectivity index (χ2n) is 2.64. The second-order valence-corrected chi connectivity index (χ2v) is 2.64. The first-order valence-corrected chi connectivity index (χ1v) is 3.43. The van der Waals surface area contributed by atoms with Crippen molar-refractivity contribution in [2.75, 3.05) is 0 Å². The molecule has 1 heterocycles. The van der Waals surface area contributed by atoms with Crippen LogP contribution in [0.2, 0.25) is 0 Å². The minimum absolute atomic E-state index is 0.532. The summed E-state index contributed by atoms with van der Waals surface area (Å²) in [4.78, 5) is 8.11. The van der Waals surface area contributed by atoms with Gasteiger partial charge in [-0.25, -0.2) is 0 Å². The van der Waals surface area contributed by atoms with E-state index in [4.69, 9.17) is 7.85 Å². The van der Waals surface area contributed by atoms with Crippen LogP contribution >= 0.6 is 0 Å². The van der Waals surface area contributed by atoms with Crippen molar-refractivity contribution in [3.8, 4) is 0 Å². The molecule has 2 nitrogen and oxygen atoms in total. The molecule has 0 N–H and O–H groups in total. The van der Waals surface area contributed by atoms with E-state index < -0.39 is 0 Å². The van der Waals surface area contributed by atoms with Crippen LogP contribution in [0, 0.1) is 0 Å². The molecule has 0 amide bonds. The van der Waals surface area contributed by atoms with Crippen LogP contribution in [-0.4, -0.2) is 17.8 Å². The van der Waals surface area contributed by atoms with Crippen LogP contribution < -0.4 is 5.59 Å². The van der Waals surface area contributed by atoms with Gasteiger partial charge in [0.2, 0.25) is 0 Å². The van der Waals surface area contributed by atoms with Gasteiger partial charge in [0.15, 0.2) is 0 Å². The maximum atomic E-state index is 5.45. The molecule has 0 saturated heterocycles. The summed E-state index contributed by atoms with van der Waals surface area (Å²) in [6, 6.07) is 0. The van der Waals surface area contributed by atoms with Gasteiger partial charge in [-0.05, 0) is 12.8 Å². The highest BCUT2D eigenvalue weighted by molar-refractivity contribution is 6.30. The molecule has 0 aromatic carbocycles. The maximum Gasteiger partial charge on any atom is 0.143 e. The Morgan fingerprint density at radius 3 is 2.80 bits per heavy atom. The van der Waals surface area contributed by atoms with Gasteiger partial charge >= 0.3 is 0 Å². The third-order valence-corrected chi connectivity index (χ3v) is 1.67. The van der Waals surface area contributed by atoms with Gasteiger partial charge in [-0.15, -0.1) is 0 Å². The fraction of sp³-hybridized carbons (Fsp3) is 0.429. The Morgan fingerprint density at radius 1 is 1.40 bits per heavy atom. The summed E-state index contributed by atoms with van der Waals surface area (Å²) < 4.78 is 0. The summed E-state index contributed by atoms with van der Waals surface area (Å²) >= 11 is 0. The van der Waals surface area contributed by atoms with Crippen molar-refractivity contribution in [2.45, 2.75) is 18.8 Å². The summed E-state index contributed by atoms with van der Waals surface area (Å²) in [5, 5.41) is 0. The number of hydrogen-bond acceptors (Lipinski definition) is 2. The van der Waals surface area contributed by atoms with Crippen molar-refractivity contribution in [2.24, 2.45) is 0 Å². The molecule has 2 radical (unpaired) electrons. The molecule has 0 bridgehead atoms. The summed E-state index contributed by atoms with van der Waals surface area (Å²) in [7, 11) is 5.45. The molecule has 0 spiro atoms. The molecule has 3 heteroatoms. The third-order valence-electron chi connectivity index (χ3n) is 1.67. The molecule has 48 valence electrons. The van der Waals surface area contributed by atoms with E-state index in [0.717, 1.165) is 5.69 Å². The Bertz CT molecular complexity index is 245. The molecule has 0 unspecified atom stereocenters. The molecule has 1 saturated carbocycles. The first kappa shape index (κ1) is 5.89. The van der Waals surface area contributed by atoms with Gasteiger partial charge in [0.25, 0.3) is 0 Å². The zero-order valence-corrected chi connectivity index (χ0v) is 5.62. The highest BCUT2D eigenvalue weighted by Crippen LogP contribution is 2.37. The molecule has 2 rings (SSSR count). The molecule has 1 aromatic rings. The van der Waals surface area contributed by atoms with Gasteiger partial charge in [-0.1, -0.05) is 0 Å². The fourth-order valence-electron chi connectivity index (χ4n) is 0.973. The smallest absolute Gasteiger partial charge is 0.143 e. The maximum absolute atomic E-state index is 5.45. The van der Waals surface area contributed by atoms with Crippen LogP contribution in [0.25, 0.3) is 0 Å². The number of nitrogens with zero attached hydrogens (tertiary/aromatic N) is 2. The molecule has 10 heavy (non-hydrogen) atoms. The van der Waals surface area contributed by atoms with E-state index in [-0.39, 0.29) is 0 Å². The third kappa shape index (κ3) is 1.04. The van der Waals surface area contributed by atoms with Gasteiger partial charge in [-0.3, -0.25) is 9.97 Å². The van der Waals surface area contributed by atoms with E-state index in [9.17, 15) is 0 Å². The topological polar surface area (TPSA) is 25.8 Å². The fourth-order valence-corrected chi connectivity index (χ4v) is 0.973. The quantitative estimate of drug-likeness (QED) is 0.505. The predicted molar refractivity (Wildman–Crippen MR) is 39.4 cm³/mol. The van der Waals surface area contributed by atoms with Gasteiger partial charge in [-0.2, -0.15) is 0 Å². The molecule has 1 aliphatic rings. The lowest BCUT2D eigenvalue weighted by Crippen LogP contribution is -2.10. The molecular weight excluding hydrogens is 123 g/mol. The van der Waals surface area contributed by atoms with Crippen molar-refractivity contribution >= 4 is 13.4 Å². The van der Waals surface area contributed by atoms with E-state index in [2.05, 4.69) is 9.97 Å². The molecule has 0 aliphatic heterocycles. The van der Waals surface area contributed by atoms with Crippen LogP contribution in [0.3, 0.4) is 0 Å². The Hall–Kier alpha value is -0.855. The summed E-state index contributed by atoms with van der Waals surface area (Å²) in [6.45, 7) is 0. The second kappa shape index (κ2) is 2.08. The molecule has 1 aromatic heterocycles. The van der Waals surface area contributed by atoms with E-state index in [1.807, 2.05) is 0 Å². The van der Waals surface area contributed by atoms with E-state index in [1.54, 1.807) is 12.4 Å². The summed E-state index contributed by atoms with van der Waals surface area (Å²) in [6.07, 6.45) is 5.87. The van der Waals surface area contributed by atoms with Gasteiger partial charge < -0.3 is 0 Å². The van der Waals surface area contributed by atoms with Crippen molar-refractivity contribution in [3.05, 3.63) is 18.1 Å². The lowest BCUT2D eigenvalue weighted by Gasteiger charge is -1.95. The first-order valence-electron chi connectivity index (χ1n) is 3.43. The minimum Gasteiger partial charge on any atom is -0.266 e. The Balaban J connectivity index is 2.32. The molecule has 1 aliphatic carbocycles. The SMILES string of the molecule is [B]c1cncc(C2CC2)n1. The normalized spacial score (nSPS) is 17.2. The number of hydrogen-bond donors (Lipinski definition) is 0. The molecule has 1 fully saturated rings. The summed E-state index contributed by atoms with van der Waals surface area (Å²) in [5.74, 6) is 0.649. The van der Waals surface area contributed by atoms with Gasteiger partial charge in [0.05, 0.1) is 5.69 Å². The zero-order chi connectivity index (χ0) is 6.97. The highest BCUT2D eigenvalue weighted by Gasteiger charge is 2.24. The van der Waals surface area contributed by atoms with Crippen LogP contribution in [0.5, 0.6) is 0 Å². The van der Waals surface area contributed by atoms with Crippen molar-refractivity contribution < 1.29 is 0 Å². The Kier molecular flexibility index (Phi) is 1.23. The van der Waals surface area contributed by atoms with Gasteiger partial charge in [0.1, 0.15) is 7.85 Å². The Morgan fingerprint density at radius 2 is 2.20 bits per heavy atom. The molecular formula is C7H7BN2. The lowest BCUT2D eigenvalue weighted by atomic mass is 10.1. The van der Waals surface area contributed by atoms with Gasteiger partial charge in [0, 0.05) is 23.9 Å². The van der Waals surface area contributed by atoms with E-state index in [0.29, 0.717) is 11.5 Å². The van der Waals surface area contributed by atoms with Crippen LogP contribution in [0.15, 0.2) is 12.4 Å². The van der Waals surface area contributed by atoms with Crippen LogP contribution in [0.4, 0.5) is 0 Å². The highest BCUT2D eigenvalue weighted by atomic mass is 14.8. The minimum atomic E-state index is 0.532. The van der Waals surface area contributed by atoms with Crippen LogP contribution in [-0.2, 0) is 0 Å². The van der Waals surface area contributed by atoms with Crippen molar-refractivity contribution in [3.63, 3.8) is 0 Å². The largest absolute Gasteiger partial charge is 0.266 e. The van der Waals surface area contributed by atoms with E-state index in [1.165, 1.54) is 12.8 Å². The number of aromatic nitrogens is 2. The Labute approximate surface area is 61.1 Å². The lowest BCUT2D eigenvalue weighted by molar-refractivity contribution is 1.00.